The molecular weight excluding hydrogens is 1530 g/mol. The summed E-state index contributed by atoms with van der Waals surface area (Å²) in [5, 5.41) is 14.0. The van der Waals surface area contributed by atoms with E-state index in [0.29, 0.717) is 77.8 Å². The van der Waals surface area contributed by atoms with Gasteiger partial charge in [-0.3, -0.25) is 30.9 Å². The predicted octanol–water partition coefficient (Wildman–Crippen LogP) is 14.3. The first-order valence-corrected chi connectivity index (χ1v) is 44.4. The summed E-state index contributed by atoms with van der Waals surface area (Å²) in [5.74, 6) is 20.7. The molecule has 0 spiro atoms. The number of thioether (sulfide) groups is 1. The maximum Gasteiger partial charge on any atom is 0.355 e. The molecule has 4 atom stereocenters. The molecule has 1 aromatic carbocycles. The zero-order valence-corrected chi connectivity index (χ0v) is 70.8. The molecule has 0 radical (unpaired) electrons. The molecule has 28 nitrogen and oxygen atoms in total. The van der Waals surface area contributed by atoms with Crippen molar-refractivity contribution < 1.29 is 27.1 Å². The Morgan fingerprint density at radius 3 is 1.47 bits per heavy atom. The van der Waals surface area contributed by atoms with Crippen LogP contribution in [0.1, 0.15) is 183 Å². The Balaban J connectivity index is 0. The number of aliphatic imine (C=N–C) groups is 3. The topological polar surface area (TPSA) is 372 Å². The summed E-state index contributed by atoms with van der Waals surface area (Å²) >= 11 is 4.60. The Kier molecular flexibility index (Phi) is 50.2. The zero-order chi connectivity index (χ0) is 77.0. The minimum Gasteiger partial charge on any atom is -0.361 e. The fraction of sp³-hybridized carbons (Fsp3) is 0.547. The van der Waals surface area contributed by atoms with Gasteiger partial charge in [0.15, 0.2) is 0 Å². The van der Waals surface area contributed by atoms with Crippen molar-refractivity contribution in [2.45, 2.75) is 184 Å². The van der Waals surface area contributed by atoms with E-state index < -0.39 is 33.0 Å². The van der Waals surface area contributed by atoms with E-state index in [4.69, 9.17) is 4.84 Å². The van der Waals surface area contributed by atoms with Gasteiger partial charge in [-0.15, -0.1) is 0 Å². The molecule has 9 heterocycles. The lowest BCUT2D eigenvalue weighted by molar-refractivity contribution is -0.122. The summed E-state index contributed by atoms with van der Waals surface area (Å²) in [5.41, 5.74) is 14.8. The predicted molar refractivity (Wildman–Crippen MR) is 463 cm³/mol. The Labute approximate surface area is 649 Å². The van der Waals surface area contributed by atoms with Gasteiger partial charge in [-0.1, -0.05) is 197 Å². The van der Waals surface area contributed by atoms with Gasteiger partial charge in [-0.2, -0.15) is 42.3 Å². The number of Topliss-reactive ketones (excluding diaryl/α,β-unsaturated/α-hetero) is 1. The molecule has 10 rings (SSSR count). The standard InChI is InChI=1S/C14H19NO4S.C6H11N3.C6H10N2O.2C6H10N2S.C5H11N3S.C5H8N2OS.2C5H10N2S2.C4H8N2OS2.2CH4/c1-10(2)14(17)15-20(18,19)13-8-6-12(7-9-13)5-4-11(3)16;1-4(2)6-7-5(3)8-9-6;1-4(2)6-7-5(3)9-8-6;1-4(2)6-8-7-5(3)9-6;1-4(2)6-7-5(3)9-8-6;1-4(2)5-6-8-9(3)7-5;1-3(2)4-6-5(8)7-9-4;1-4(2)5-6-7-9(3)8-5;1-4(2)5-6-8-9(3)7-5;1-3(2)4-5-9(7)6-8-4;;/h6-10H,4-5H2,1-3H3,(H,15,17);4,8H,3H2,1-2H3,(H,7,9);4H,3H2,1-2H3,(H,7,8);4,7H,3H2,1-2H3;4H,3H2,1-2H3,(H,7,8);4,8H,3H2,1-2H3,(H,6,7);3H,1-2H3,(H,7,8);4,7H,3H2,1-2H3;4H,3H2,1-2H3,(H,6,7);3,6H,1-2H3;2*1H4. The molecule has 4 unspecified atom stereocenters. The summed E-state index contributed by atoms with van der Waals surface area (Å²) in [6.45, 7) is 56.7. The SMILES string of the molecule is C.C.C=C1N=C(C(C)C)NN1.C=C1N=C(C(C)C)NO1.C=C1N=C(C(C)C)NS1.C=C1NN=C(C(C)C)S1.C=S1N=C(C(C)C)NN1.C=S1N=C(C(C)C)NS1.C=S1NN=C(C(C)C)S1.CC(=O)CCc1ccc(S(=O)(=O)NC(=O)C(C)C)cc1.CC(C)C1=NS(=O)NS1.CC(C)c1nc(=O)[nH]s1. The number of benzene rings is 1. The summed E-state index contributed by atoms with van der Waals surface area (Å²) in [7, 11) is -0.830. The van der Waals surface area contributed by atoms with Crippen molar-refractivity contribution in [1.29, 1.82) is 0 Å². The first kappa shape index (κ1) is 99.7. The number of aromatic amines is 1. The van der Waals surface area contributed by atoms with Gasteiger partial charge in [0, 0.05) is 109 Å². The van der Waals surface area contributed by atoms with Gasteiger partial charge in [-0.25, -0.2) is 42.4 Å². The van der Waals surface area contributed by atoms with Crippen LogP contribution in [0.25, 0.3) is 0 Å². The number of amides is 1. The molecule has 1 amide bonds. The minimum atomic E-state index is -3.82. The number of aromatic nitrogens is 2. The second-order valence-electron chi connectivity index (χ2n) is 24.7. The fourth-order valence-electron chi connectivity index (χ4n) is 6.05. The number of hydrazone groups is 2. The number of sulfonamides is 1. The zero-order valence-electron chi connectivity index (χ0n) is 61.8. The lowest BCUT2D eigenvalue weighted by Crippen LogP contribution is -2.33. The molecule has 0 bridgehead atoms. The van der Waals surface area contributed by atoms with E-state index in [9.17, 15) is 27.0 Å². The van der Waals surface area contributed by atoms with Crippen LogP contribution in [-0.4, -0.2) is 95.6 Å². The largest absolute Gasteiger partial charge is 0.361 e. The van der Waals surface area contributed by atoms with Crippen LogP contribution in [0.15, 0.2) is 120 Å². The highest BCUT2D eigenvalue weighted by atomic mass is 33.1. The molecule has 0 aliphatic carbocycles. The first-order chi connectivity index (χ1) is 47.0. The van der Waals surface area contributed by atoms with Crippen LogP contribution in [0.3, 0.4) is 0 Å². The highest BCUT2D eigenvalue weighted by Crippen LogP contribution is 2.34. The van der Waals surface area contributed by atoms with Crippen molar-refractivity contribution in [2.24, 2.45) is 91.6 Å². The highest BCUT2D eigenvalue weighted by molar-refractivity contribution is 8.88. The third kappa shape index (κ3) is 43.2. The van der Waals surface area contributed by atoms with Gasteiger partial charge >= 0.3 is 5.69 Å². The maximum atomic E-state index is 11.9. The summed E-state index contributed by atoms with van der Waals surface area (Å²) in [6.07, 6.45) is 1.00. The monoisotopic (exact) mass is 1640 g/mol. The number of nitrogens with one attached hydrogen (secondary N) is 12. The van der Waals surface area contributed by atoms with Crippen LogP contribution in [0.4, 0.5) is 0 Å². The molecule has 12 N–H and O–H groups in total. The van der Waals surface area contributed by atoms with Crippen LogP contribution in [0.5, 0.6) is 0 Å². The number of carbonyl (C=O) groups excluding carboxylic acids is 2. The van der Waals surface area contributed by atoms with Gasteiger partial charge in [-0.05, 0) is 99.2 Å². The third-order valence-electron chi connectivity index (χ3n) is 11.9. The quantitative estimate of drug-likeness (QED) is 0.0448. The lowest BCUT2D eigenvalue weighted by atomic mass is 10.1. The first-order valence-electron chi connectivity index (χ1n) is 31.8. The van der Waals surface area contributed by atoms with Crippen molar-refractivity contribution in [3.63, 3.8) is 0 Å². The number of amidine groups is 5. The Morgan fingerprint density at radius 1 is 0.631 bits per heavy atom. The highest BCUT2D eigenvalue weighted by Gasteiger charge is 2.21. The molecule has 2 aromatic rings. The molecule has 8 aliphatic rings. The Hall–Kier alpha value is -5.33. The van der Waals surface area contributed by atoms with E-state index in [1.165, 1.54) is 59.5 Å². The number of hydroxylamine groups is 1. The van der Waals surface area contributed by atoms with Gasteiger partial charge in [0.05, 0.1) is 9.92 Å². The van der Waals surface area contributed by atoms with Gasteiger partial charge in [0.2, 0.25) is 23.0 Å². The van der Waals surface area contributed by atoms with Crippen molar-refractivity contribution >= 4 is 194 Å². The van der Waals surface area contributed by atoms with E-state index in [1.54, 1.807) is 59.5 Å². The van der Waals surface area contributed by atoms with Crippen molar-refractivity contribution in [3.8, 4) is 0 Å². The van der Waals surface area contributed by atoms with E-state index in [-0.39, 0.29) is 61.5 Å². The molecule has 1 aromatic heterocycles. The van der Waals surface area contributed by atoms with Gasteiger partial charge < -0.3 is 19.1 Å². The number of hydrogen-bond acceptors (Lipinski definition) is 30. The molecule has 0 saturated carbocycles. The second kappa shape index (κ2) is 51.8. The number of H-pyrrole nitrogens is 1. The molecule has 0 fully saturated rings. The van der Waals surface area contributed by atoms with Crippen LogP contribution in [0.2, 0.25) is 0 Å². The van der Waals surface area contributed by atoms with Gasteiger partial charge in [0.25, 0.3) is 10.0 Å². The van der Waals surface area contributed by atoms with E-state index in [1.807, 2.05) is 46.3 Å². The van der Waals surface area contributed by atoms with E-state index >= 15 is 0 Å². The number of ketones is 1. The molecule has 8 aliphatic heterocycles. The Bertz CT molecular complexity index is 3300. The molecule has 39 heteroatoms. The molecular formula is C64H115N21O7S11. The van der Waals surface area contributed by atoms with E-state index in [0.717, 1.165) is 59.9 Å². The molecule has 0 saturated heterocycles. The summed E-state index contributed by atoms with van der Waals surface area (Å²) in [6, 6.07) is 6.17. The lowest BCUT2D eigenvalue weighted by Gasteiger charge is -2.09. The molecule has 103 heavy (non-hydrogen) atoms. The summed E-state index contributed by atoms with van der Waals surface area (Å²) < 4.78 is 60.1. The van der Waals surface area contributed by atoms with Crippen molar-refractivity contribution in [3.05, 3.63) is 93.4 Å². The number of hydrazine groups is 2. The minimum absolute atomic E-state index is 0. The second-order valence-corrected chi connectivity index (χ2v) is 38.3. The van der Waals surface area contributed by atoms with Crippen LogP contribution in [0, 0.1) is 53.3 Å². The number of carbonyl (C=O) groups is 2. The fourth-order valence-corrected chi connectivity index (χ4v) is 15.8. The van der Waals surface area contributed by atoms with Crippen LogP contribution in [-0.2, 0) is 42.0 Å². The maximum absolute atomic E-state index is 11.9. The normalized spacial score (nSPS) is 18.5. The van der Waals surface area contributed by atoms with Crippen LogP contribution >= 0.6 is 99.2 Å². The van der Waals surface area contributed by atoms with E-state index in [2.05, 4.69) is 225 Å². The number of aryl methyl sites for hydroxylation is 1. The number of rotatable bonds is 15. The van der Waals surface area contributed by atoms with Crippen LogP contribution < -0.4 is 60.8 Å². The van der Waals surface area contributed by atoms with Gasteiger partial charge in [0.1, 0.15) is 66.0 Å². The smallest absolute Gasteiger partial charge is 0.355 e. The van der Waals surface area contributed by atoms with Crippen molar-refractivity contribution in [2.75, 3.05) is 0 Å². The average Bonchev–Trinajstić information content (AvgIpc) is 1.83. The number of nitrogens with zero attached hydrogens (tertiary/aromatic N) is 9. The van der Waals surface area contributed by atoms with Crippen molar-refractivity contribution in [1.82, 2.24) is 64.5 Å². The number of hydrogen-bond donors (Lipinski definition) is 12. The summed E-state index contributed by atoms with van der Waals surface area (Å²) in [4.78, 5) is 59.4. The molecule has 584 valence electrons. The Morgan fingerprint density at radius 2 is 1.20 bits per heavy atom. The third-order valence-corrected chi connectivity index (χ3v) is 23.4. The average molecular weight is 1640 g/mol.